The Bertz CT molecular complexity index is 419. The van der Waals surface area contributed by atoms with Gasteiger partial charge in [-0.3, -0.25) is 4.99 Å². The van der Waals surface area contributed by atoms with Crippen molar-refractivity contribution in [3.8, 4) is 0 Å². The van der Waals surface area contributed by atoms with E-state index in [2.05, 4.69) is 9.98 Å². The minimum Gasteiger partial charge on any atom is -0.388 e. The van der Waals surface area contributed by atoms with Gasteiger partial charge in [-0.05, 0) is 19.1 Å². The highest BCUT2D eigenvalue weighted by Crippen LogP contribution is 2.14. The third kappa shape index (κ3) is 3.34. The molecule has 0 bridgehead atoms. The zero-order valence-corrected chi connectivity index (χ0v) is 8.99. The van der Waals surface area contributed by atoms with Crippen LogP contribution in [0.2, 0.25) is 0 Å². The largest absolute Gasteiger partial charge is 0.388 e. The second kappa shape index (κ2) is 5.05. The Hall–Kier alpha value is -1.97. The Morgan fingerprint density at radius 3 is 2.47 bits per heavy atom. The molecule has 0 saturated heterocycles. The van der Waals surface area contributed by atoms with Gasteiger partial charge in [0, 0.05) is 18.0 Å². The molecule has 2 rings (SSSR count). The van der Waals surface area contributed by atoms with E-state index in [1.54, 1.807) is 14.0 Å². The minimum atomic E-state index is 0.630. The Labute approximate surface area is 89.0 Å². The summed E-state index contributed by atoms with van der Waals surface area (Å²) < 4.78 is 0. The molecule has 0 radical (unpaired) electrons. The van der Waals surface area contributed by atoms with Gasteiger partial charge in [0.2, 0.25) is 0 Å². The molecule has 0 fully saturated rings. The van der Waals surface area contributed by atoms with Crippen molar-refractivity contribution in [3.63, 3.8) is 0 Å². The Balaban J connectivity index is 0.000000195. The number of nitrogens with zero attached hydrogens (tertiary/aromatic N) is 1. The molecule has 0 saturated carbocycles. The topological polar surface area (TPSA) is 80.2 Å². The van der Waals surface area contributed by atoms with Gasteiger partial charge in [0.05, 0.1) is 5.84 Å². The number of nitrogens with one attached hydrogen (secondary N) is 1. The lowest BCUT2D eigenvalue weighted by molar-refractivity contribution is 1.38. The van der Waals surface area contributed by atoms with E-state index in [1.807, 2.05) is 30.3 Å². The number of fused-ring (bicyclic) bond motifs is 1. The van der Waals surface area contributed by atoms with Gasteiger partial charge in [-0.15, -0.1) is 0 Å². The molecule has 4 heteroatoms. The molecule has 5 N–H and O–H groups in total. The van der Waals surface area contributed by atoms with Crippen molar-refractivity contribution in [3.05, 3.63) is 30.3 Å². The molecule has 15 heavy (non-hydrogen) atoms. The number of anilines is 1. The van der Waals surface area contributed by atoms with Crippen LogP contribution < -0.4 is 11.5 Å². The smallest absolute Gasteiger partial charge is 0.101 e. The number of amidine groups is 1. The molecule has 1 aromatic carbocycles. The molecular formula is C11H16N4. The second-order valence-electron chi connectivity index (χ2n) is 3.18. The molecule has 0 spiro atoms. The normalized spacial score (nSPS) is 10.9. The molecule has 1 aromatic heterocycles. The average Bonchev–Trinajstić information content (AvgIpc) is 2.58. The number of benzene rings is 1. The molecule has 1 heterocycles. The number of aliphatic imine (C=N–C) groups is 1. The Kier molecular flexibility index (Phi) is 3.74. The van der Waals surface area contributed by atoms with Gasteiger partial charge < -0.3 is 16.5 Å². The quantitative estimate of drug-likeness (QED) is 0.451. The molecule has 0 amide bonds. The second-order valence-corrected chi connectivity index (χ2v) is 3.18. The highest BCUT2D eigenvalue weighted by molar-refractivity contribution is 5.83. The molecule has 0 aliphatic rings. The molecule has 0 aliphatic heterocycles. The number of aromatic nitrogens is 1. The number of hydrogen-bond acceptors (Lipinski definition) is 2. The summed E-state index contributed by atoms with van der Waals surface area (Å²) in [5.74, 6) is 1.35. The molecule has 2 aromatic rings. The minimum absolute atomic E-state index is 0.630. The number of para-hydroxylation sites is 1. The van der Waals surface area contributed by atoms with E-state index in [4.69, 9.17) is 11.5 Å². The van der Waals surface area contributed by atoms with Crippen LogP contribution in [0.3, 0.4) is 0 Å². The first-order valence-corrected chi connectivity index (χ1v) is 4.65. The summed E-state index contributed by atoms with van der Waals surface area (Å²) in [6, 6.07) is 9.94. The standard InChI is InChI=1S/C8H8N2.C3H8N2/c9-8-5-6-3-1-2-4-7(6)10-8;1-3(4)5-2/h1-5,10H,9H2;1-2H3,(H2,4,5). The van der Waals surface area contributed by atoms with E-state index in [1.165, 1.54) is 5.39 Å². The monoisotopic (exact) mass is 204 g/mol. The molecular weight excluding hydrogens is 188 g/mol. The molecule has 0 atom stereocenters. The number of nitrogens with two attached hydrogens (primary N) is 2. The van der Waals surface area contributed by atoms with Gasteiger partial charge in [-0.25, -0.2) is 0 Å². The van der Waals surface area contributed by atoms with Gasteiger partial charge in [-0.1, -0.05) is 18.2 Å². The van der Waals surface area contributed by atoms with E-state index in [0.29, 0.717) is 5.84 Å². The average molecular weight is 204 g/mol. The maximum atomic E-state index is 5.54. The number of hydrogen-bond donors (Lipinski definition) is 3. The number of H-pyrrole nitrogens is 1. The van der Waals surface area contributed by atoms with Gasteiger partial charge in [0.1, 0.15) is 5.82 Å². The van der Waals surface area contributed by atoms with Crippen LogP contribution >= 0.6 is 0 Å². The summed E-state index contributed by atoms with van der Waals surface area (Å²) in [5.41, 5.74) is 11.7. The first-order chi connectivity index (χ1) is 7.13. The predicted octanol–water partition coefficient (Wildman–Crippen LogP) is 1.74. The molecule has 0 unspecified atom stereocenters. The number of aromatic amines is 1. The van der Waals surface area contributed by atoms with Crippen molar-refractivity contribution >= 4 is 22.6 Å². The lowest BCUT2D eigenvalue weighted by Gasteiger charge is -1.83. The zero-order chi connectivity index (χ0) is 11.3. The fraction of sp³-hybridized carbons (Fsp3) is 0.182. The van der Waals surface area contributed by atoms with Crippen LogP contribution in [0, 0.1) is 0 Å². The fourth-order valence-electron chi connectivity index (χ4n) is 1.10. The maximum absolute atomic E-state index is 5.54. The SMILES string of the molecule is CN=C(C)N.Nc1cc2ccccc2[nH]1. The predicted molar refractivity (Wildman–Crippen MR) is 65.9 cm³/mol. The Morgan fingerprint density at radius 1 is 1.33 bits per heavy atom. The van der Waals surface area contributed by atoms with E-state index in [-0.39, 0.29) is 0 Å². The van der Waals surface area contributed by atoms with Crippen LogP contribution in [0.4, 0.5) is 5.82 Å². The van der Waals surface area contributed by atoms with Crippen LogP contribution in [-0.2, 0) is 0 Å². The van der Waals surface area contributed by atoms with E-state index in [9.17, 15) is 0 Å². The third-order valence-corrected chi connectivity index (χ3v) is 1.90. The lowest BCUT2D eigenvalue weighted by atomic mass is 10.3. The van der Waals surface area contributed by atoms with Crippen LogP contribution in [0.25, 0.3) is 10.9 Å². The van der Waals surface area contributed by atoms with E-state index >= 15 is 0 Å². The molecule has 80 valence electrons. The number of nitrogen functional groups attached to an aromatic ring is 1. The van der Waals surface area contributed by atoms with Crippen LogP contribution in [-0.4, -0.2) is 17.9 Å². The van der Waals surface area contributed by atoms with Gasteiger partial charge in [-0.2, -0.15) is 0 Å². The van der Waals surface area contributed by atoms with Gasteiger partial charge >= 0.3 is 0 Å². The summed E-state index contributed by atoms with van der Waals surface area (Å²) in [7, 11) is 1.66. The Morgan fingerprint density at radius 2 is 1.93 bits per heavy atom. The van der Waals surface area contributed by atoms with Crippen LogP contribution in [0.15, 0.2) is 35.3 Å². The highest BCUT2D eigenvalue weighted by Gasteiger charge is 1.92. The maximum Gasteiger partial charge on any atom is 0.101 e. The van der Waals surface area contributed by atoms with Crippen molar-refractivity contribution in [2.24, 2.45) is 10.7 Å². The van der Waals surface area contributed by atoms with Crippen LogP contribution in [0.5, 0.6) is 0 Å². The summed E-state index contributed by atoms with van der Waals surface area (Å²) in [4.78, 5) is 6.62. The van der Waals surface area contributed by atoms with Crippen molar-refractivity contribution < 1.29 is 0 Å². The highest BCUT2D eigenvalue weighted by atomic mass is 14.8. The van der Waals surface area contributed by atoms with E-state index in [0.717, 1.165) is 11.3 Å². The van der Waals surface area contributed by atoms with Crippen molar-refractivity contribution in [1.82, 2.24) is 4.98 Å². The van der Waals surface area contributed by atoms with Crippen molar-refractivity contribution in [2.75, 3.05) is 12.8 Å². The summed E-state index contributed by atoms with van der Waals surface area (Å²) in [6.07, 6.45) is 0. The van der Waals surface area contributed by atoms with E-state index < -0.39 is 0 Å². The molecule has 0 aliphatic carbocycles. The fourth-order valence-corrected chi connectivity index (χ4v) is 1.10. The molecule has 4 nitrogen and oxygen atoms in total. The lowest BCUT2D eigenvalue weighted by Crippen LogP contribution is -2.03. The van der Waals surface area contributed by atoms with Crippen molar-refractivity contribution in [2.45, 2.75) is 6.92 Å². The summed E-state index contributed by atoms with van der Waals surface area (Å²) in [5, 5.41) is 1.17. The zero-order valence-electron chi connectivity index (χ0n) is 8.99. The first-order valence-electron chi connectivity index (χ1n) is 4.65. The van der Waals surface area contributed by atoms with Crippen molar-refractivity contribution in [1.29, 1.82) is 0 Å². The number of rotatable bonds is 0. The summed E-state index contributed by atoms with van der Waals surface area (Å²) in [6.45, 7) is 1.75. The first kappa shape index (κ1) is 11.1. The van der Waals surface area contributed by atoms with Gasteiger partial charge in [0.15, 0.2) is 0 Å². The third-order valence-electron chi connectivity index (χ3n) is 1.90. The van der Waals surface area contributed by atoms with Crippen LogP contribution in [0.1, 0.15) is 6.92 Å². The van der Waals surface area contributed by atoms with Gasteiger partial charge in [0.25, 0.3) is 0 Å². The summed E-state index contributed by atoms with van der Waals surface area (Å²) >= 11 is 0.